The van der Waals surface area contributed by atoms with E-state index in [1.54, 1.807) is 19.1 Å². The van der Waals surface area contributed by atoms with E-state index in [0.717, 1.165) is 18.5 Å². The molecule has 8 heteroatoms. The van der Waals surface area contributed by atoms with Gasteiger partial charge in [0.2, 0.25) is 0 Å². The molecule has 1 aliphatic rings. The highest BCUT2D eigenvalue weighted by atomic mass is 16.5. The van der Waals surface area contributed by atoms with Crippen LogP contribution in [0.15, 0.2) is 28.8 Å². The molecular weight excluding hydrogens is 374 g/mol. The highest BCUT2D eigenvalue weighted by molar-refractivity contribution is 6.13. The number of pyridine rings is 1. The summed E-state index contributed by atoms with van der Waals surface area (Å²) in [5.74, 6) is -0.768. The van der Waals surface area contributed by atoms with Gasteiger partial charge in [-0.3, -0.25) is 4.79 Å². The number of aromatic carboxylic acids is 1. The molecule has 0 radical (unpaired) electrons. The fourth-order valence-electron chi connectivity index (χ4n) is 3.19. The number of nitrogens with one attached hydrogen (secondary N) is 1. The van der Waals surface area contributed by atoms with Crippen LogP contribution in [0.5, 0.6) is 5.75 Å². The van der Waals surface area contributed by atoms with Gasteiger partial charge in [-0.1, -0.05) is 5.16 Å². The lowest BCUT2D eigenvalue weighted by atomic mass is 10.1. The van der Waals surface area contributed by atoms with Gasteiger partial charge >= 0.3 is 5.97 Å². The lowest BCUT2D eigenvalue weighted by Gasteiger charge is -2.16. The van der Waals surface area contributed by atoms with Crippen molar-refractivity contribution in [3.05, 3.63) is 46.8 Å². The molecular formula is C21H21N3O5. The van der Waals surface area contributed by atoms with E-state index in [9.17, 15) is 14.7 Å². The number of rotatable bonds is 6. The SMILES string of the molecule is Cc1noc2nc(C3CC3)cc(C(=O)Nc3cc(C(=O)O)ccc3OC(C)C)c12. The minimum atomic E-state index is -1.09. The third-order valence-electron chi connectivity index (χ3n) is 4.71. The van der Waals surface area contributed by atoms with E-state index in [2.05, 4.69) is 15.5 Å². The number of benzene rings is 1. The normalized spacial score (nSPS) is 13.7. The first-order valence-electron chi connectivity index (χ1n) is 9.45. The summed E-state index contributed by atoms with van der Waals surface area (Å²) in [4.78, 5) is 29.0. The molecule has 150 valence electrons. The zero-order valence-corrected chi connectivity index (χ0v) is 16.4. The van der Waals surface area contributed by atoms with Crippen LogP contribution in [0, 0.1) is 6.92 Å². The van der Waals surface area contributed by atoms with Crippen LogP contribution in [-0.4, -0.2) is 33.2 Å². The summed E-state index contributed by atoms with van der Waals surface area (Å²) < 4.78 is 11.0. The van der Waals surface area contributed by atoms with Gasteiger partial charge in [-0.05, 0) is 57.9 Å². The predicted octanol–water partition coefficient (Wildman–Crippen LogP) is 4.15. The number of anilines is 1. The third-order valence-corrected chi connectivity index (χ3v) is 4.71. The average molecular weight is 395 g/mol. The number of carbonyl (C=O) groups is 2. The Morgan fingerprint density at radius 1 is 1.28 bits per heavy atom. The molecule has 8 nitrogen and oxygen atoms in total. The van der Waals surface area contributed by atoms with E-state index in [1.165, 1.54) is 12.1 Å². The molecule has 0 atom stereocenters. The molecule has 1 aliphatic carbocycles. The molecule has 1 fully saturated rings. The van der Waals surface area contributed by atoms with Gasteiger partial charge in [0.15, 0.2) is 0 Å². The summed E-state index contributed by atoms with van der Waals surface area (Å²) in [5.41, 5.74) is 2.43. The van der Waals surface area contributed by atoms with E-state index in [4.69, 9.17) is 9.26 Å². The molecule has 0 aliphatic heterocycles. The number of carbonyl (C=O) groups excluding carboxylic acids is 1. The summed E-state index contributed by atoms with van der Waals surface area (Å²) in [6.45, 7) is 5.45. The Labute approximate surface area is 166 Å². The van der Waals surface area contributed by atoms with Gasteiger partial charge in [-0.2, -0.15) is 0 Å². The lowest BCUT2D eigenvalue weighted by molar-refractivity contribution is 0.0696. The molecule has 0 unspecified atom stereocenters. The first-order chi connectivity index (χ1) is 13.8. The summed E-state index contributed by atoms with van der Waals surface area (Å²) in [7, 11) is 0. The largest absolute Gasteiger partial charge is 0.489 e. The van der Waals surface area contributed by atoms with E-state index in [-0.39, 0.29) is 17.4 Å². The molecule has 4 rings (SSSR count). The summed E-state index contributed by atoms with van der Waals surface area (Å²) >= 11 is 0. The van der Waals surface area contributed by atoms with Crippen molar-refractivity contribution in [1.29, 1.82) is 0 Å². The molecule has 29 heavy (non-hydrogen) atoms. The van der Waals surface area contributed by atoms with Gasteiger partial charge < -0.3 is 19.7 Å². The topological polar surface area (TPSA) is 115 Å². The molecule has 1 amide bonds. The second-order valence-electron chi connectivity index (χ2n) is 7.45. The Kier molecular flexibility index (Phi) is 4.70. The maximum Gasteiger partial charge on any atom is 0.335 e. The Morgan fingerprint density at radius 3 is 2.69 bits per heavy atom. The highest BCUT2D eigenvalue weighted by Gasteiger charge is 2.29. The minimum Gasteiger partial charge on any atom is -0.489 e. The van der Waals surface area contributed by atoms with E-state index < -0.39 is 11.9 Å². The molecule has 3 aromatic rings. The van der Waals surface area contributed by atoms with Crippen molar-refractivity contribution in [3.8, 4) is 5.75 Å². The fraction of sp³-hybridized carbons (Fsp3) is 0.333. The quantitative estimate of drug-likeness (QED) is 0.644. The van der Waals surface area contributed by atoms with Crippen LogP contribution >= 0.6 is 0 Å². The summed E-state index contributed by atoms with van der Waals surface area (Å²) in [6.07, 6.45) is 1.91. The van der Waals surface area contributed by atoms with Crippen LogP contribution in [0.4, 0.5) is 5.69 Å². The number of aromatic nitrogens is 2. The number of nitrogens with zero attached hydrogens (tertiary/aromatic N) is 2. The first-order valence-corrected chi connectivity index (χ1v) is 9.45. The van der Waals surface area contributed by atoms with Gasteiger partial charge in [-0.15, -0.1) is 0 Å². The van der Waals surface area contributed by atoms with Crippen LogP contribution in [0.2, 0.25) is 0 Å². The number of hydrogen-bond donors (Lipinski definition) is 2. The first kappa shape index (κ1) is 18.9. The van der Waals surface area contributed by atoms with Crippen LogP contribution in [0.1, 0.15) is 64.7 Å². The van der Waals surface area contributed by atoms with Crippen molar-refractivity contribution < 1.29 is 24.0 Å². The van der Waals surface area contributed by atoms with E-state index >= 15 is 0 Å². The van der Waals surface area contributed by atoms with Gasteiger partial charge in [-0.25, -0.2) is 9.78 Å². The van der Waals surface area contributed by atoms with Crippen LogP contribution in [0.25, 0.3) is 11.1 Å². The van der Waals surface area contributed by atoms with Gasteiger partial charge in [0.25, 0.3) is 11.6 Å². The zero-order valence-electron chi connectivity index (χ0n) is 16.4. The standard InChI is InChI=1S/C21H21N3O5/c1-10(2)28-17-7-6-13(21(26)27)8-16(17)22-19(25)14-9-15(12-4-5-12)23-20-18(14)11(3)24-29-20/h6-10,12H,4-5H2,1-3H3,(H,22,25)(H,26,27). The fourth-order valence-corrected chi connectivity index (χ4v) is 3.19. The van der Waals surface area contributed by atoms with Crippen molar-refractivity contribution in [2.45, 2.75) is 45.6 Å². The maximum atomic E-state index is 13.2. The molecule has 0 spiro atoms. The van der Waals surface area contributed by atoms with Crippen molar-refractivity contribution in [1.82, 2.24) is 10.1 Å². The Bertz CT molecular complexity index is 1110. The molecule has 2 aromatic heterocycles. The van der Waals surface area contributed by atoms with Gasteiger partial charge in [0.1, 0.15) is 5.75 Å². The zero-order chi connectivity index (χ0) is 20.7. The second kappa shape index (κ2) is 7.20. The highest BCUT2D eigenvalue weighted by Crippen LogP contribution is 2.40. The Morgan fingerprint density at radius 2 is 2.03 bits per heavy atom. The number of carboxylic acids is 1. The number of amides is 1. The molecule has 2 N–H and O–H groups in total. The van der Waals surface area contributed by atoms with Crippen LogP contribution in [0.3, 0.4) is 0 Å². The Hall–Kier alpha value is -3.42. The third kappa shape index (κ3) is 3.78. The molecule has 0 bridgehead atoms. The van der Waals surface area contributed by atoms with E-state index in [0.29, 0.717) is 34.0 Å². The van der Waals surface area contributed by atoms with Gasteiger partial charge in [0, 0.05) is 11.6 Å². The van der Waals surface area contributed by atoms with E-state index in [1.807, 2.05) is 13.8 Å². The number of carboxylic acid groups (broad SMARTS) is 1. The maximum absolute atomic E-state index is 13.2. The number of aryl methyl sites for hydroxylation is 1. The molecule has 1 saturated carbocycles. The molecule has 2 heterocycles. The average Bonchev–Trinajstić information content (AvgIpc) is 3.45. The van der Waals surface area contributed by atoms with Crippen LogP contribution in [-0.2, 0) is 0 Å². The van der Waals surface area contributed by atoms with Crippen molar-refractivity contribution in [2.75, 3.05) is 5.32 Å². The summed E-state index contributed by atoms with van der Waals surface area (Å²) in [5, 5.41) is 16.6. The monoisotopic (exact) mass is 395 g/mol. The number of fused-ring (bicyclic) bond motifs is 1. The van der Waals surface area contributed by atoms with Gasteiger partial charge in [0.05, 0.1) is 34.0 Å². The number of hydrogen-bond acceptors (Lipinski definition) is 6. The minimum absolute atomic E-state index is 0.0520. The predicted molar refractivity (Wildman–Crippen MR) is 106 cm³/mol. The second-order valence-corrected chi connectivity index (χ2v) is 7.45. The molecule has 0 saturated heterocycles. The van der Waals surface area contributed by atoms with Crippen molar-refractivity contribution in [2.24, 2.45) is 0 Å². The van der Waals surface area contributed by atoms with Crippen molar-refractivity contribution in [3.63, 3.8) is 0 Å². The smallest absolute Gasteiger partial charge is 0.335 e. The summed E-state index contributed by atoms with van der Waals surface area (Å²) in [6, 6.07) is 6.14. The van der Waals surface area contributed by atoms with Crippen LogP contribution < -0.4 is 10.1 Å². The lowest BCUT2D eigenvalue weighted by Crippen LogP contribution is -2.16. The van der Waals surface area contributed by atoms with Crippen molar-refractivity contribution >= 4 is 28.7 Å². The molecule has 1 aromatic carbocycles. The number of ether oxygens (including phenoxy) is 1. The Balaban J connectivity index is 1.75.